The van der Waals surface area contributed by atoms with E-state index in [1.165, 1.54) is 16.7 Å². The molecule has 0 amide bonds. The van der Waals surface area contributed by atoms with Crippen molar-refractivity contribution in [3.05, 3.63) is 75.3 Å². The Morgan fingerprint density at radius 2 is 1.81 bits per heavy atom. The first-order valence-corrected chi connectivity index (χ1v) is 12.7. The van der Waals surface area contributed by atoms with Gasteiger partial charge in [0.05, 0.1) is 23.0 Å². The molecule has 0 bridgehead atoms. The fraction of sp³-hybridized carbons (Fsp3) is 0.370. The quantitative estimate of drug-likeness (QED) is 0.264. The molecule has 0 radical (unpaired) electrons. The molecule has 1 aliphatic carbocycles. The van der Waals surface area contributed by atoms with Gasteiger partial charge in [0, 0.05) is 31.3 Å². The molecular weight excluding hydrogens is 503 g/mol. The van der Waals surface area contributed by atoms with E-state index in [0.29, 0.717) is 34.8 Å². The second kappa shape index (κ2) is 11.5. The zero-order valence-electron chi connectivity index (χ0n) is 20.0. The Morgan fingerprint density at radius 3 is 2.42 bits per heavy atom. The molecule has 9 heteroatoms. The van der Waals surface area contributed by atoms with Gasteiger partial charge in [0.25, 0.3) is 0 Å². The van der Waals surface area contributed by atoms with E-state index in [4.69, 9.17) is 27.9 Å². The average molecular weight is 533 g/mol. The van der Waals surface area contributed by atoms with E-state index in [2.05, 4.69) is 4.90 Å². The number of nitrogens with zero attached hydrogens (tertiary/aromatic N) is 2. The van der Waals surface area contributed by atoms with Gasteiger partial charge >= 0.3 is 5.97 Å². The number of rotatable bonds is 12. The van der Waals surface area contributed by atoms with Crippen LogP contribution in [0.15, 0.2) is 48.5 Å². The van der Waals surface area contributed by atoms with E-state index < -0.39 is 5.97 Å². The monoisotopic (exact) mass is 532 g/mol. The number of ether oxygens (including phenoxy) is 1. The van der Waals surface area contributed by atoms with Crippen LogP contribution in [0.1, 0.15) is 42.0 Å². The Kier molecular flexibility index (Phi) is 8.34. The molecule has 2 aromatic carbocycles. The second-order valence-corrected chi connectivity index (χ2v) is 10.1. The summed E-state index contributed by atoms with van der Waals surface area (Å²) in [4.78, 5) is 14.0. The Labute approximate surface area is 220 Å². The van der Waals surface area contributed by atoms with E-state index in [-0.39, 0.29) is 30.8 Å². The third kappa shape index (κ3) is 6.66. The van der Waals surface area contributed by atoms with E-state index in [1.807, 2.05) is 31.2 Å². The predicted molar refractivity (Wildman–Crippen MR) is 139 cm³/mol. The van der Waals surface area contributed by atoms with Crippen LogP contribution in [0.4, 0.5) is 0 Å². The largest absolute Gasteiger partial charge is 0.494 e. The topological polar surface area (TPSA) is 95.2 Å². The Balaban J connectivity index is 1.49. The lowest BCUT2D eigenvalue weighted by Crippen LogP contribution is -2.32. The van der Waals surface area contributed by atoms with E-state index in [9.17, 15) is 20.1 Å². The molecule has 1 aromatic heterocycles. The van der Waals surface area contributed by atoms with Crippen LogP contribution in [0.25, 0.3) is 0 Å². The summed E-state index contributed by atoms with van der Waals surface area (Å²) in [5.41, 5.74) is 2.83. The molecule has 7 nitrogen and oxygen atoms in total. The van der Waals surface area contributed by atoms with Crippen LogP contribution in [0.5, 0.6) is 17.5 Å². The maximum Gasteiger partial charge on any atom is 0.305 e. The first kappa shape index (κ1) is 26.2. The summed E-state index contributed by atoms with van der Waals surface area (Å²) in [6, 6.07) is 13.8. The molecular formula is C27H30Cl2N2O5. The number of halogens is 2. The van der Waals surface area contributed by atoms with Crippen LogP contribution in [-0.4, -0.2) is 43.9 Å². The lowest BCUT2D eigenvalue weighted by atomic mass is 10.00. The van der Waals surface area contributed by atoms with Crippen molar-refractivity contribution >= 4 is 29.2 Å². The summed E-state index contributed by atoms with van der Waals surface area (Å²) in [7, 11) is 0. The summed E-state index contributed by atoms with van der Waals surface area (Å²) in [5, 5.41) is 30.1. The molecule has 1 fully saturated rings. The summed E-state index contributed by atoms with van der Waals surface area (Å²) < 4.78 is 7.25. The minimum Gasteiger partial charge on any atom is -0.494 e. The summed E-state index contributed by atoms with van der Waals surface area (Å²) in [5.74, 6) is 0.375. The van der Waals surface area contributed by atoms with Gasteiger partial charge in [0.2, 0.25) is 0 Å². The lowest BCUT2D eigenvalue weighted by molar-refractivity contribution is -0.138. The minimum absolute atomic E-state index is 0.0168. The fourth-order valence-corrected chi connectivity index (χ4v) is 4.71. The molecule has 1 atom stereocenters. The van der Waals surface area contributed by atoms with Crippen molar-refractivity contribution in [3.63, 3.8) is 0 Å². The number of aliphatic carboxylic acids is 1. The normalized spacial score (nSPS) is 14.2. The second-order valence-electron chi connectivity index (χ2n) is 9.31. The molecule has 0 spiro atoms. The predicted octanol–water partition coefficient (Wildman–Crippen LogP) is 6.02. The molecule has 36 heavy (non-hydrogen) atoms. The zero-order chi connectivity index (χ0) is 25.8. The van der Waals surface area contributed by atoms with Crippen molar-refractivity contribution in [1.29, 1.82) is 0 Å². The van der Waals surface area contributed by atoms with Crippen LogP contribution < -0.4 is 4.74 Å². The number of aromatic hydroxyl groups is 2. The Bertz CT molecular complexity index is 1210. The number of aromatic nitrogens is 1. The molecule has 0 saturated heterocycles. The fourth-order valence-electron chi connectivity index (χ4n) is 4.41. The van der Waals surface area contributed by atoms with Crippen LogP contribution >= 0.6 is 23.2 Å². The van der Waals surface area contributed by atoms with Gasteiger partial charge in [-0.1, -0.05) is 41.4 Å². The van der Waals surface area contributed by atoms with Crippen molar-refractivity contribution < 1.29 is 24.9 Å². The number of hydrogen-bond acceptors (Lipinski definition) is 5. The molecule has 1 heterocycles. The van der Waals surface area contributed by atoms with Crippen molar-refractivity contribution in [2.45, 2.75) is 45.3 Å². The Hall–Kier alpha value is -2.87. The van der Waals surface area contributed by atoms with Crippen LogP contribution in [-0.2, 0) is 17.9 Å². The third-order valence-electron chi connectivity index (χ3n) is 6.46. The van der Waals surface area contributed by atoms with Crippen molar-refractivity contribution in [2.75, 3.05) is 13.2 Å². The molecule has 3 aromatic rings. The maximum atomic E-state index is 11.8. The highest BCUT2D eigenvalue weighted by Gasteiger charge is 2.30. The zero-order valence-corrected chi connectivity index (χ0v) is 21.5. The molecule has 192 valence electrons. The van der Waals surface area contributed by atoms with Gasteiger partial charge in [-0.15, -0.1) is 0 Å². The standard InChI is InChI=1S/C27H30Cl2N2O5/c1-17-12-19(4-7-24(17)36-11-10-31-25(32)8-9-26(31)33)16-30(15-18-2-3-18)23(14-27(34)35)20-5-6-21(28)22(29)13-20/h4-9,12-13,18,23,32-33H,2-3,10-11,14-16H2,1H3,(H,34,35). The van der Waals surface area contributed by atoms with E-state index in [1.54, 1.807) is 12.1 Å². The van der Waals surface area contributed by atoms with Crippen molar-refractivity contribution in [1.82, 2.24) is 9.47 Å². The van der Waals surface area contributed by atoms with Crippen molar-refractivity contribution in [3.8, 4) is 17.5 Å². The minimum atomic E-state index is -0.869. The van der Waals surface area contributed by atoms with Gasteiger partial charge in [0.1, 0.15) is 12.4 Å². The van der Waals surface area contributed by atoms with Gasteiger partial charge < -0.3 is 20.1 Å². The van der Waals surface area contributed by atoms with Gasteiger partial charge in [0.15, 0.2) is 11.8 Å². The number of carbonyl (C=O) groups is 1. The average Bonchev–Trinajstić information content (AvgIpc) is 3.59. The third-order valence-corrected chi connectivity index (χ3v) is 7.20. The van der Waals surface area contributed by atoms with Crippen molar-refractivity contribution in [2.24, 2.45) is 5.92 Å². The maximum absolute atomic E-state index is 11.8. The highest BCUT2D eigenvalue weighted by Crippen LogP contribution is 2.37. The SMILES string of the molecule is Cc1cc(CN(CC2CC2)C(CC(=O)O)c2ccc(Cl)c(Cl)c2)ccc1OCCn1c(O)ccc1O. The Morgan fingerprint density at radius 1 is 1.08 bits per heavy atom. The first-order chi connectivity index (χ1) is 17.2. The highest BCUT2D eigenvalue weighted by atomic mass is 35.5. The van der Waals surface area contributed by atoms with Gasteiger partial charge in [-0.25, -0.2) is 0 Å². The molecule has 0 aliphatic heterocycles. The number of carboxylic acids is 1. The molecule has 4 rings (SSSR count). The summed E-state index contributed by atoms with van der Waals surface area (Å²) in [6.45, 7) is 3.94. The van der Waals surface area contributed by atoms with Gasteiger partial charge in [-0.3, -0.25) is 14.3 Å². The van der Waals surface area contributed by atoms with Crippen LogP contribution in [0.3, 0.4) is 0 Å². The molecule has 1 saturated carbocycles. The smallest absolute Gasteiger partial charge is 0.305 e. The molecule has 3 N–H and O–H groups in total. The number of carboxylic acid groups (broad SMARTS) is 1. The molecule has 1 aliphatic rings. The summed E-state index contributed by atoms with van der Waals surface area (Å²) >= 11 is 12.4. The number of benzene rings is 2. The van der Waals surface area contributed by atoms with Gasteiger partial charge in [-0.05, 0) is 60.6 Å². The molecule has 1 unspecified atom stereocenters. The summed E-state index contributed by atoms with van der Waals surface area (Å²) in [6.07, 6.45) is 2.26. The van der Waals surface area contributed by atoms with Crippen LogP contribution in [0.2, 0.25) is 10.0 Å². The van der Waals surface area contributed by atoms with E-state index in [0.717, 1.165) is 36.1 Å². The first-order valence-electron chi connectivity index (χ1n) is 11.9. The number of aryl methyl sites for hydroxylation is 1. The van der Waals surface area contributed by atoms with Gasteiger partial charge in [-0.2, -0.15) is 0 Å². The lowest BCUT2D eigenvalue weighted by Gasteiger charge is -2.32. The van der Waals surface area contributed by atoms with Crippen LogP contribution in [0, 0.1) is 12.8 Å². The highest BCUT2D eigenvalue weighted by molar-refractivity contribution is 6.42. The van der Waals surface area contributed by atoms with E-state index >= 15 is 0 Å². The number of hydrogen-bond donors (Lipinski definition) is 3.